The van der Waals surface area contributed by atoms with Gasteiger partial charge >= 0.3 is 0 Å². The van der Waals surface area contributed by atoms with Gasteiger partial charge in [0.2, 0.25) is 0 Å². The smallest absolute Gasteiger partial charge is 0.163 e. The molecule has 0 radical (unpaired) electrons. The molecule has 14 atom stereocenters. The lowest BCUT2D eigenvalue weighted by atomic mass is 9.76. The number of hydrogen-bond donors (Lipinski definition) is 0. The second-order valence-corrected chi connectivity index (χ2v) is 29.6. The molecule has 14 unspecified atom stereocenters. The van der Waals surface area contributed by atoms with Crippen molar-refractivity contribution in [2.45, 2.75) is 335 Å². The number of ether oxygens (including phenoxy) is 10. The van der Waals surface area contributed by atoms with E-state index in [9.17, 15) is 0 Å². The molecule has 5 heterocycles. The van der Waals surface area contributed by atoms with Gasteiger partial charge in [-0.05, 0) is 183 Å². The molecule has 89 heavy (non-hydrogen) atoms. The maximum Gasteiger partial charge on any atom is 0.163 e. The second kappa shape index (κ2) is 48.9. The van der Waals surface area contributed by atoms with Crippen molar-refractivity contribution in [1.29, 1.82) is 0 Å². The average molecular weight is 1270 g/mol. The van der Waals surface area contributed by atoms with Crippen LogP contribution in [-0.4, -0.2) is 123 Å². The Bertz CT molecular complexity index is 1650. The molecule has 11 aliphatic rings. The van der Waals surface area contributed by atoms with E-state index in [1.54, 1.807) is 52.1 Å². The molecule has 532 valence electrons. The highest BCUT2D eigenvalue weighted by Gasteiger charge is 2.60. The van der Waals surface area contributed by atoms with Crippen molar-refractivity contribution in [2.24, 2.45) is 70.0 Å². The van der Waals surface area contributed by atoms with E-state index >= 15 is 0 Å². The molecule has 0 N–H and O–H groups in total. The Hall–Kier alpha value is -0.660. The molecule has 2 bridgehead atoms. The van der Waals surface area contributed by atoms with E-state index < -0.39 is 5.79 Å². The van der Waals surface area contributed by atoms with Crippen LogP contribution in [0.4, 0.5) is 0 Å². The van der Waals surface area contributed by atoms with Gasteiger partial charge in [0.25, 0.3) is 0 Å². The van der Waals surface area contributed by atoms with Gasteiger partial charge in [-0.1, -0.05) is 194 Å². The number of fused-ring (bicyclic) bond motifs is 7. The molecule has 0 aromatic heterocycles. The predicted octanol–water partition coefficient (Wildman–Crippen LogP) is 21.6. The van der Waals surface area contributed by atoms with E-state index in [-0.39, 0.29) is 21.0 Å². The minimum atomic E-state index is -0.416. The van der Waals surface area contributed by atoms with Crippen LogP contribution in [-0.2, 0) is 47.4 Å². The molecule has 0 aromatic rings. The van der Waals surface area contributed by atoms with Crippen molar-refractivity contribution in [2.75, 3.05) is 93.0 Å². The van der Waals surface area contributed by atoms with Crippen molar-refractivity contribution < 1.29 is 47.4 Å². The second-order valence-electron chi connectivity index (χ2n) is 29.6. The highest BCUT2D eigenvalue weighted by molar-refractivity contribution is 5.09. The largest absolute Gasteiger partial charge is 0.384 e. The Labute approximate surface area is 555 Å². The van der Waals surface area contributed by atoms with Gasteiger partial charge in [0.1, 0.15) is 12.2 Å². The molecule has 0 amide bonds. The van der Waals surface area contributed by atoms with Crippen LogP contribution in [0, 0.1) is 70.0 Å². The summed E-state index contributed by atoms with van der Waals surface area (Å²) in [7, 11) is 1.75. The molecule has 0 aromatic carbocycles. The van der Waals surface area contributed by atoms with E-state index in [1.807, 2.05) is 13.8 Å². The molecule has 5 saturated heterocycles. The molecule has 10 heteroatoms. The number of hydrogen-bond acceptors (Lipinski definition) is 10. The quantitative estimate of drug-likeness (QED) is 0.0409. The predicted molar refractivity (Wildman–Crippen MR) is 379 cm³/mol. The fourth-order valence-corrected chi connectivity index (χ4v) is 14.3. The minimum Gasteiger partial charge on any atom is -0.384 e. The zero-order chi connectivity index (χ0) is 64.0. The number of epoxide rings is 2. The summed E-state index contributed by atoms with van der Waals surface area (Å²) < 4.78 is 53.2. The Morgan fingerprint density at radius 1 is 0.539 bits per heavy atom. The monoisotopic (exact) mass is 1270 g/mol. The van der Waals surface area contributed by atoms with Crippen LogP contribution in [0.5, 0.6) is 0 Å². The summed E-state index contributed by atoms with van der Waals surface area (Å²) in [5.41, 5.74) is 1.05. The van der Waals surface area contributed by atoms with E-state index in [0.717, 1.165) is 103 Å². The van der Waals surface area contributed by atoms with Gasteiger partial charge in [0, 0.05) is 37.8 Å². The fourth-order valence-electron chi connectivity index (χ4n) is 14.3. The van der Waals surface area contributed by atoms with Crippen LogP contribution >= 0.6 is 0 Å². The van der Waals surface area contributed by atoms with Crippen molar-refractivity contribution >= 4 is 0 Å². The van der Waals surface area contributed by atoms with E-state index in [1.165, 1.54) is 164 Å². The lowest BCUT2D eigenvalue weighted by molar-refractivity contribution is -0.150. The lowest BCUT2D eigenvalue weighted by Gasteiger charge is -2.40. The molecule has 0 spiro atoms. The summed E-state index contributed by atoms with van der Waals surface area (Å²) in [6, 6.07) is 0. The number of allylic oxidation sites excluding steroid dienone is 2. The maximum atomic E-state index is 5.69. The van der Waals surface area contributed by atoms with Gasteiger partial charge in [-0.25, -0.2) is 0 Å². The third kappa shape index (κ3) is 34.7. The van der Waals surface area contributed by atoms with E-state index in [4.69, 9.17) is 47.4 Å². The highest BCUT2D eigenvalue weighted by atomic mass is 16.7. The Morgan fingerprint density at radius 2 is 1.15 bits per heavy atom. The topological polar surface area (TPSA) is 98.9 Å². The average Bonchev–Trinajstić information content (AvgIpc) is 1.57. The van der Waals surface area contributed by atoms with Crippen molar-refractivity contribution in [3.8, 4) is 0 Å². The van der Waals surface area contributed by atoms with Gasteiger partial charge in [0.05, 0.1) is 77.8 Å². The summed E-state index contributed by atoms with van der Waals surface area (Å²) >= 11 is 0. The molecule has 6 saturated carbocycles. The Balaban J connectivity index is 0.000000504. The molecule has 6 aliphatic carbocycles. The van der Waals surface area contributed by atoms with Crippen molar-refractivity contribution in [1.82, 2.24) is 0 Å². The zero-order valence-corrected chi connectivity index (χ0v) is 60.7. The Morgan fingerprint density at radius 3 is 1.58 bits per heavy atom. The third-order valence-electron chi connectivity index (χ3n) is 21.2. The van der Waals surface area contributed by atoms with Crippen LogP contribution in [0.2, 0.25) is 0 Å². The number of methoxy groups -OCH3 is 1. The van der Waals surface area contributed by atoms with Crippen molar-refractivity contribution in [3.63, 3.8) is 0 Å². The van der Waals surface area contributed by atoms with E-state index in [2.05, 4.69) is 109 Å². The molecule has 10 nitrogen and oxygen atoms in total. The van der Waals surface area contributed by atoms with Crippen LogP contribution < -0.4 is 0 Å². The standard InChI is InChI=1S/C11H20O.C11H18.C10H20O2.C10H18.C9H18O3.2C7H14O2.C6H14.C6H12.2CH4/c1-4-8(2)9-5-6-11(3)10(7-9)12-11;1-2-3-7-4-8-5-9(7)11-6-10(8)11;1-3-5-6-11-7-10(4-2)8-12-9-10;1-2-3-8-4-5-9-7-10(9)6-8;1-4-5-10-6-8-7-11-9(2,3)12-8;1-3-7(4-8-2)5-9-6-7;1-2-3-4-8-5-7-6-9-7;2*1-3-5-6-4-2;;/h8-10H,4-7H2,1-3H3;7-11H,2-6H2,1H3;3-9H2,1-2H3;8-10H,2-7H2,1H3;8H,4-7H2,1-3H3;3-6H2,1-2H3;7H,2-6H2,1H3;3-6H2,1-2H3;3,5H,4,6H2,1-2H3;2*1H4. The first-order valence-electron chi connectivity index (χ1n) is 37.6. The first-order chi connectivity index (χ1) is 42.0. The molecular weight excluding hydrogens is 1110 g/mol. The fraction of sp³-hybridized carbons (Fsp3) is 0.975. The Kier molecular flexibility index (Phi) is 47.5. The minimum absolute atomic E-state index is 0. The first kappa shape index (κ1) is 86.4. The SMILES string of the molecule is C.C.CC=CCCC.CCC(C)C1CCC2(C)OC2C1.CCC1(COC)COC1.CCCC1CC2CC1C1CC21.CCCC1CCC2CC2C1.CCCCCC.CCCCOCC1(CC)COC1.CCCCOCC1CO1.CCCOCC1COC(C)(C)O1. The third-order valence-corrected chi connectivity index (χ3v) is 21.2. The van der Waals surface area contributed by atoms with Crippen LogP contribution in [0.25, 0.3) is 0 Å². The number of unbranched alkanes of at least 4 members (excludes halogenated alkanes) is 6. The molecular formula is C79H156O10. The summed E-state index contributed by atoms with van der Waals surface area (Å²) in [5.74, 6) is 10.9. The summed E-state index contributed by atoms with van der Waals surface area (Å²) in [6.45, 7) is 45.9. The highest BCUT2D eigenvalue weighted by Crippen LogP contribution is 2.68. The van der Waals surface area contributed by atoms with Crippen LogP contribution in [0.1, 0.15) is 305 Å². The van der Waals surface area contributed by atoms with Crippen LogP contribution in [0.15, 0.2) is 12.2 Å². The zero-order valence-electron chi connectivity index (χ0n) is 60.7. The molecule has 11 rings (SSSR count). The normalized spacial score (nSPS) is 31.3. The summed E-state index contributed by atoms with van der Waals surface area (Å²) in [4.78, 5) is 0. The van der Waals surface area contributed by atoms with Gasteiger partial charge in [-0.3, -0.25) is 0 Å². The first-order valence-corrected chi connectivity index (χ1v) is 37.6. The van der Waals surface area contributed by atoms with Crippen molar-refractivity contribution in [3.05, 3.63) is 12.2 Å². The van der Waals surface area contributed by atoms with Crippen LogP contribution in [0.3, 0.4) is 0 Å². The van der Waals surface area contributed by atoms with Gasteiger partial charge < -0.3 is 47.4 Å². The number of rotatable bonds is 29. The van der Waals surface area contributed by atoms with Gasteiger partial charge in [-0.15, -0.1) is 0 Å². The summed E-state index contributed by atoms with van der Waals surface area (Å²) in [5, 5.41) is 0. The lowest BCUT2D eigenvalue weighted by Crippen LogP contribution is -2.45. The summed E-state index contributed by atoms with van der Waals surface area (Å²) in [6.07, 6.45) is 44.0. The molecule has 11 fully saturated rings. The van der Waals surface area contributed by atoms with Gasteiger partial charge in [0.15, 0.2) is 5.79 Å². The van der Waals surface area contributed by atoms with E-state index in [0.29, 0.717) is 41.9 Å². The van der Waals surface area contributed by atoms with Gasteiger partial charge in [-0.2, -0.15) is 0 Å². The molecule has 5 aliphatic heterocycles. The maximum absolute atomic E-state index is 5.69.